The summed E-state index contributed by atoms with van der Waals surface area (Å²) in [7, 11) is 1.53. The monoisotopic (exact) mass is 442 g/mol. The molecule has 3 heterocycles. The fourth-order valence-electron chi connectivity index (χ4n) is 4.38. The fourth-order valence-corrected chi connectivity index (χ4v) is 4.38. The number of aromatic nitrogens is 1. The first kappa shape index (κ1) is 20.8. The van der Waals surface area contributed by atoms with Gasteiger partial charge < -0.3 is 14.6 Å². The van der Waals surface area contributed by atoms with Crippen LogP contribution in [0.3, 0.4) is 0 Å². The molecule has 1 aromatic heterocycles. The van der Waals surface area contributed by atoms with Crippen LogP contribution in [0.25, 0.3) is 5.76 Å². The van der Waals surface area contributed by atoms with E-state index >= 15 is 0 Å². The van der Waals surface area contributed by atoms with Gasteiger partial charge >= 0.3 is 0 Å². The van der Waals surface area contributed by atoms with Crippen LogP contribution in [0, 0.1) is 0 Å². The third kappa shape index (κ3) is 3.61. The van der Waals surface area contributed by atoms with Gasteiger partial charge in [-0.3, -0.25) is 19.5 Å². The van der Waals surface area contributed by atoms with Crippen LogP contribution in [-0.2, 0) is 16.0 Å². The molecule has 2 aliphatic heterocycles. The number of aliphatic hydroxyl groups excluding tert-OH is 1. The second kappa shape index (κ2) is 8.43. The number of hydrogen-bond acceptors (Lipinski definition) is 6. The zero-order valence-electron chi connectivity index (χ0n) is 18.0. The van der Waals surface area contributed by atoms with Gasteiger partial charge in [0.05, 0.1) is 25.3 Å². The van der Waals surface area contributed by atoms with Gasteiger partial charge in [-0.15, -0.1) is 0 Å². The minimum atomic E-state index is -0.835. The molecule has 0 radical (unpaired) electrons. The van der Waals surface area contributed by atoms with Gasteiger partial charge in [-0.2, -0.15) is 0 Å². The highest BCUT2D eigenvalue weighted by Gasteiger charge is 2.47. The number of ether oxygens (including phenoxy) is 2. The van der Waals surface area contributed by atoms with E-state index < -0.39 is 17.7 Å². The highest BCUT2D eigenvalue weighted by Crippen LogP contribution is 2.43. The molecule has 1 unspecified atom stereocenters. The summed E-state index contributed by atoms with van der Waals surface area (Å²) in [6.45, 7) is 0.658. The number of ketones is 1. The number of fused-ring (bicyclic) bond motifs is 1. The Morgan fingerprint density at radius 2 is 2.03 bits per heavy atom. The Morgan fingerprint density at radius 3 is 2.82 bits per heavy atom. The number of amides is 1. The Labute approximate surface area is 190 Å². The minimum Gasteiger partial charge on any atom is -0.507 e. The van der Waals surface area contributed by atoms with Crippen LogP contribution in [-0.4, -0.2) is 35.5 Å². The van der Waals surface area contributed by atoms with E-state index in [-0.39, 0.29) is 11.3 Å². The highest BCUT2D eigenvalue weighted by atomic mass is 16.5. The summed E-state index contributed by atoms with van der Waals surface area (Å²) in [5, 5.41) is 11.3. The Kier molecular flexibility index (Phi) is 5.30. The van der Waals surface area contributed by atoms with Gasteiger partial charge in [0.1, 0.15) is 17.3 Å². The van der Waals surface area contributed by atoms with Crippen molar-refractivity contribution >= 4 is 23.1 Å². The normalized spacial score (nSPS) is 19.2. The Morgan fingerprint density at radius 1 is 1.15 bits per heavy atom. The lowest BCUT2D eigenvalue weighted by molar-refractivity contribution is -0.132. The van der Waals surface area contributed by atoms with Crippen LogP contribution in [0.5, 0.6) is 11.5 Å². The smallest absolute Gasteiger partial charge is 0.300 e. The van der Waals surface area contributed by atoms with E-state index in [4.69, 9.17) is 9.47 Å². The Hall–Kier alpha value is -4.13. The molecule has 5 rings (SSSR count). The molecule has 166 valence electrons. The average molecular weight is 442 g/mol. The van der Waals surface area contributed by atoms with Crippen LogP contribution in [0.1, 0.15) is 29.2 Å². The molecular weight excluding hydrogens is 420 g/mol. The Bertz CT molecular complexity index is 1270. The van der Waals surface area contributed by atoms with Crippen molar-refractivity contribution in [3.8, 4) is 11.5 Å². The molecule has 1 saturated heterocycles. The summed E-state index contributed by atoms with van der Waals surface area (Å²) in [5.74, 6) is -0.369. The molecule has 33 heavy (non-hydrogen) atoms. The quantitative estimate of drug-likeness (QED) is 0.373. The fraction of sp³-hybridized carbons (Fsp3) is 0.192. The van der Waals surface area contributed by atoms with Gasteiger partial charge in [-0.25, -0.2) is 0 Å². The molecule has 3 aromatic rings. The van der Waals surface area contributed by atoms with Crippen molar-refractivity contribution in [1.82, 2.24) is 4.98 Å². The summed E-state index contributed by atoms with van der Waals surface area (Å²) < 4.78 is 11.0. The van der Waals surface area contributed by atoms with Crippen molar-refractivity contribution in [2.75, 3.05) is 18.6 Å². The molecule has 0 bridgehead atoms. The predicted octanol–water partition coefficient (Wildman–Crippen LogP) is 4.04. The summed E-state index contributed by atoms with van der Waals surface area (Å²) in [5.41, 5.74) is 2.56. The van der Waals surface area contributed by atoms with Gasteiger partial charge in [-0.1, -0.05) is 12.1 Å². The second-order valence-electron chi connectivity index (χ2n) is 7.93. The van der Waals surface area contributed by atoms with E-state index in [0.717, 1.165) is 24.2 Å². The lowest BCUT2D eigenvalue weighted by atomic mass is 9.94. The zero-order chi connectivity index (χ0) is 22.9. The van der Waals surface area contributed by atoms with E-state index in [0.29, 0.717) is 29.2 Å². The van der Waals surface area contributed by atoms with Gasteiger partial charge in [0.25, 0.3) is 11.7 Å². The molecule has 2 aromatic carbocycles. The average Bonchev–Trinajstić information content (AvgIpc) is 3.14. The van der Waals surface area contributed by atoms with Crippen molar-refractivity contribution in [3.63, 3.8) is 0 Å². The summed E-state index contributed by atoms with van der Waals surface area (Å²) >= 11 is 0. The van der Waals surface area contributed by atoms with Gasteiger partial charge in [-0.05, 0) is 60.4 Å². The zero-order valence-corrected chi connectivity index (χ0v) is 18.0. The van der Waals surface area contributed by atoms with Gasteiger partial charge in [0.15, 0.2) is 0 Å². The van der Waals surface area contributed by atoms with E-state index in [2.05, 4.69) is 4.98 Å². The molecule has 0 saturated carbocycles. The number of hydrogen-bond donors (Lipinski definition) is 1. The van der Waals surface area contributed by atoms with Crippen molar-refractivity contribution < 1.29 is 24.2 Å². The molecule has 0 spiro atoms. The molecule has 0 aliphatic carbocycles. The first-order valence-electron chi connectivity index (χ1n) is 10.7. The first-order valence-corrected chi connectivity index (χ1v) is 10.7. The number of rotatable bonds is 4. The van der Waals surface area contributed by atoms with Crippen LogP contribution in [0.15, 0.2) is 72.6 Å². The highest BCUT2D eigenvalue weighted by molar-refractivity contribution is 6.51. The largest absolute Gasteiger partial charge is 0.507 e. The predicted molar refractivity (Wildman–Crippen MR) is 122 cm³/mol. The lowest BCUT2D eigenvalue weighted by Gasteiger charge is -2.25. The van der Waals surface area contributed by atoms with Crippen LogP contribution in [0.4, 0.5) is 5.69 Å². The minimum absolute atomic E-state index is 0.0208. The van der Waals surface area contributed by atoms with Crippen LogP contribution in [0.2, 0.25) is 0 Å². The van der Waals surface area contributed by atoms with E-state index in [1.54, 1.807) is 60.9 Å². The number of nitrogens with zero attached hydrogens (tertiary/aromatic N) is 2. The third-order valence-corrected chi connectivity index (χ3v) is 5.96. The van der Waals surface area contributed by atoms with Gasteiger partial charge in [0.2, 0.25) is 0 Å². The Balaban J connectivity index is 1.68. The number of aryl methyl sites for hydroxylation is 1. The summed E-state index contributed by atoms with van der Waals surface area (Å²) in [6, 6.07) is 14.9. The maximum atomic E-state index is 13.2. The number of anilines is 1. The molecule has 1 N–H and O–H groups in total. The van der Waals surface area contributed by atoms with Gasteiger partial charge in [0, 0.05) is 29.7 Å². The van der Waals surface area contributed by atoms with Crippen molar-refractivity contribution in [1.29, 1.82) is 0 Å². The van der Waals surface area contributed by atoms with Crippen LogP contribution < -0.4 is 14.4 Å². The number of carbonyl (C=O) groups is 2. The number of carbonyl (C=O) groups excluding carboxylic acids is 2. The molecule has 1 atom stereocenters. The number of benzene rings is 2. The molecule has 1 fully saturated rings. The number of methoxy groups -OCH3 is 1. The second-order valence-corrected chi connectivity index (χ2v) is 7.93. The molecule has 1 amide bonds. The lowest BCUT2D eigenvalue weighted by Crippen LogP contribution is -2.29. The third-order valence-electron chi connectivity index (χ3n) is 5.96. The molecule has 7 nitrogen and oxygen atoms in total. The maximum Gasteiger partial charge on any atom is 0.300 e. The number of aliphatic hydroxyl groups is 1. The van der Waals surface area contributed by atoms with Crippen molar-refractivity contribution in [2.45, 2.75) is 18.9 Å². The topological polar surface area (TPSA) is 89.0 Å². The maximum absolute atomic E-state index is 13.2. The van der Waals surface area contributed by atoms with E-state index in [1.165, 1.54) is 12.0 Å². The summed E-state index contributed by atoms with van der Waals surface area (Å²) in [4.78, 5) is 32.0. The van der Waals surface area contributed by atoms with Crippen LogP contribution >= 0.6 is 0 Å². The van der Waals surface area contributed by atoms with E-state index in [1.807, 2.05) is 6.07 Å². The standard InChI is InChI=1S/C26H22N2O5/c1-32-20-8-2-7-19(14-20)28-23(18-5-3-11-27-15-18)22(25(30)26(28)31)24(29)17-9-10-21-16(13-17)6-4-12-33-21/h2-3,5,7-11,13-15,23,29H,4,6,12H2,1H3/b24-22-. The molecule has 2 aliphatic rings. The first-order chi connectivity index (χ1) is 16.1. The molecule has 7 heteroatoms. The number of pyridine rings is 1. The summed E-state index contributed by atoms with van der Waals surface area (Å²) in [6.07, 6.45) is 4.91. The van der Waals surface area contributed by atoms with E-state index in [9.17, 15) is 14.7 Å². The SMILES string of the molecule is COc1cccc(N2C(=O)C(=O)/C(=C(\O)c3ccc4c(c3)CCCO4)C2c2cccnc2)c1. The van der Waals surface area contributed by atoms with Crippen molar-refractivity contribution in [3.05, 3.63) is 89.3 Å². The number of Topliss-reactive ketones (excluding diaryl/α,β-unsaturated/α-hetero) is 1. The van der Waals surface area contributed by atoms with Crippen molar-refractivity contribution in [2.24, 2.45) is 0 Å². The molecular formula is C26H22N2O5.